The van der Waals surface area contributed by atoms with E-state index in [4.69, 9.17) is 4.74 Å². The van der Waals surface area contributed by atoms with E-state index in [0.717, 1.165) is 8.95 Å². The van der Waals surface area contributed by atoms with Crippen LogP contribution in [0.2, 0.25) is 0 Å². The van der Waals surface area contributed by atoms with Gasteiger partial charge in [-0.15, -0.1) is 0 Å². The molecule has 0 N–H and O–H groups in total. The van der Waals surface area contributed by atoms with Gasteiger partial charge in [0.25, 0.3) is 0 Å². The third-order valence-corrected chi connectivity index (χ3v) is 8.15. The molecule has 4 nitrogen and oxygen atoms in total. The van der Waals surface area contributed by atoms with Crippen molar-refractivity contribution >= 4 is 49.4 Å². The van der Waals surface area contributed by atoms with Gasteiger partial charge >= 0.3 is 5.97 Å². The van der Waals surface area contributed by atoms with Gasteiger partial charge in [-0.05, 0) is 54.6 Å². The van der Waals surface area contributed by atoms with Crippen molar-refractivity contribution in [3.63, 3.8) is 0 Å². The van der Waals surface area contributed by atoms with E-state index in [1.807, 2.05) is 60.7 Å². The number of hydrogen-bond donors (Lipinski definition) is 0. The number of esters is 1. The first-order valence-electron chi connectivity index (χ1n) is 12.5. The van der Waals surface area contributed by atoms with Gasteiger partial charge in [0.05, 0.1) is 5.56 Å². The van der Waals surface area contributed by atoms with Crippen LogP contribution < -0.4 is 0 Å². The van der Waals surface area contributed by atoms with Gasteiger partial charge in [-0.25, -0.2) is 4.79 Å². The third kappa shape index (κ3) is 4.53. The monoisotopic (exact) mass is 650 g/mol. The largest absolute Gasteiger partial charge is 0.441 e. The van der Waals surface area contributed by atoms with Gasteiger partial charge in [-0.1, -0.05) is 98.6 Å². The molecule has 0 saturated carbocycles. The number of carbonyl (C=O) groups excluding carboxylic acids is 3. The van der Waals surface area contributed by atoms with Crippen LogP contribution in [0.1, 0.15) is 58.9 Å². The maximum Gasteiger partial charge on any atom is 0.340 e. The fourth-order valence-corrected chi connectivity index (χ4v) is 5.59. The topological polar surface area (TPSA) is 60.4 Å². The molecule has 6 rings (SSSR count). The Bertz CT molecular complexity index is 1650. The maximum absolute atomic E-state index is 13.1. The van der Waals surface area contributed by atoms with E-state index in [9.17, 15) is 14.4 Å². The lowest BCUT2D eigenvalue weighted by Crippen LogP contribution is -2.29. The highest BCUT2D eigenvalue weighted by molar-refractivity contribution is 9.10. The van der Waals surface area contributed by atoms with Gasteiger partial charge in [-0.3, -0.25) is 9.59 Å². The number of rotatable bonds is 6. The molecule has 1 heterocycles. The summed E-state index contributed by atoms with van der Waals surface area (Å²) in [6.45, 7) is 0. The first kappa shape index (κ1) is 26.1. The maximum atomic E-state index is 13.1. The number of hydrogen-bond acceptors (Lipinski definition) is 4. The summed E-state index contributed by atoms with van der Waals surface area (Å²) in [5.41, 5.74) is 3.56. The lowest BCUT2D eigenvalue weighted by Gasteiger charge is -2.30. The van der Waals surface area contributed by atoms with Crippen LogP contribution in [0.3, 0.4) is 0 Å². The Morgan fingerprint density at radius 2 is 0.900 bits per heavy atom. The van der Waals surface area contributed by atoms with Crippen LogP contribution in [-0.4, -0.2) is 17.5 Å². The molecule has 0 fully saturated rings. The molecule has 0 unspecified atom stereocenters. The second-order valence-corrected chi connectivity index (χ2v) is 11.3. The van der Waals surface area contributed by atoms with Gasteiger partial charge in [0, 0.05) is 47.9 Å². The fraction of sp³-hybridized carbons (Fsp3) is 0.0294. The Morgan fingerprint density at radius 3 is 1.32 bits per heavy atom. The van der Waals surface area contributed by atoms with Crippen molar-refractivity contribution < 1.29 is 19.1 Å². The summed E-state index contributed by atoms with van der Waals surface area (Å²) in [6, 6.07) is 36.0. The van der Waals surface area contributed by atoms with Crippen LogP contribution in [0.15, 0.2) is 130 Å². The summed E-state index contributed by atoms with van der Waals surface area (Å²) in [6.07, 6.45) is 0. The van der Waals surface area contributed by atoms with Gasteiger partial charge < -0.3 is 4.74 Å². The molecular formula is C34H20Br2O4. The molecule has 0 aliphatic carbocycles. The van der Waals surface area contributed by atoms with Crippen molar-refractivity contribution in [3.8, 4) is 0 Å². The summed E-state index contributed by atoms with van der Waals surface area (Å²) in [4.78, 5) is 39.2. The number of ether oxygens (including phenoxy) is 1. The number of carbonyl (C=O) groups is 3. The van der Waals surface area contributed by atoms with Crippen LogP contribution in [-0.2, 0) is 10.3 Å². The Kier molecular flexibility index (Phi) is 6.82. The minimum absolute atomic E-state index is 0.104. The smallest absolute Gasteiger partial charge is 0.340 e. The van der Waals surface area contributed by atoms with Gasteiger partial charge in [0.15, 0.2) is 17.2 Å². The molecule has 0 spiro atoms. The highest BCUT2D eigenvalue weighted by Crippen LogP contribution is 2.47. The quantitative estimate of drug-likeness (QED) is 0.137. The first-order chi connectivity index (χ1) is 19.4. The van der Waals surface area contributed by atoms with E-state index in [2.05, 4.69) is 31.9 Å². The third-order valence-electron chi connectivity index (χ3n) is 7.09. The van der Waals surface area contributed by atoms with E-state index < -0.39 is 11.6 Å². The van der Waals surface area contributed by atoms with Crippen molar-refractivity contribution in [2.45, 2.75) is 5.60 Å². The van der Waals surface area contributed by atoms with Crippen molar-refractivity contribution in [1.82, 2.24) is 0 Å². The van der Waals surface area contributed by atoms with E-state index in [0.29, 0.717) is 44.5 Å². The average Bonchev–Trinajstić information content (AvgIpc) is 3.30. The van der Waals surface area contributed by atoms with Gasteiger partial charge in [-0.2, -0.15) is 0 Å². The minimum atomic E-state index is -1.23. The van der Waals surface area contributed by atoms with Crippen LogP contribution in [0.25, 0.3) is 0 Å². The second kappa shape index (κ2) is 10.5. The summed E-state index contributed by atoms with van der Waals surface area (Å²) < 4.78 is 7.96. The number of ketones is 2. The molecular weight excluding hydrogens is 632 g/mol. The van der Waals surface area contributed by atoms with Crippen molar-refractivity contribution in [3.05, 3.63) is 175 Å². The van der Waals surface area contributed by atoms with Crippen molar-refractivity contribution in [1.29, 1.82) is 0 Å². The molecule has 0 amide bonds. The molecule has 0 aromatic heterocycles. The zero-order valence-corrected chi connectivity index (χ0v) is 24.1. The predicted molar refractivity (Wildman–Crippen MR) is 160 cm³/mol. The van der Waals surface area contributed by atoms with Crippen molar-refractivity contribution in [2.75, 3.05) is 0 Å². The van der Waals surface area contributed by atoms with E-state index in [1.54, 1.807) is 60.7 Å². The van der Waals surface area contributed by atoms with Crippen LogP contribution in [0, 0.1) is 0 Å². The van der Waals surface area contributed by atoms with Gasteiger partial charge in [0.1, 0.15) is 0 Å². The summed E-state index contributed by atoms with van der Waals surface area (Å²) in [7, 11) is 0. The average molecular weight is 652 g/mol. The zero-order chi connectivity index (χ0) is 27.9. The fourth-order valence-electron chi connectivity index (χ4n) is 5.06. The zero-order valence-electron chi connectivity index (χ0n) is 20.9. The van der Waals surface area contributed by atoms with E-state index in [-0.39, 0.29) is 11.6 Å². The Hall–Kier alpha value is -4.13. The van der Waals surface area contributed by atoms with Crippen LogP contribution >= 0.6 is 31.9 Å². The molecule has 0 bridgehead atoms. The molecule has 40 heavy (non-hydrogen) atoms. The van der Waals surface area contributed by atoms with Crippen molar-refractivity contribution in [2.24, 2.45) is 0 Å². The lowest BCUT2D eigenvalue weighted by molar-refractivity contribution is 0.0251. The predicted octanol–water partition coefficient (Wildman–Crippen LogP) is 8.14. The number of halogens is 2. The molecule has 0 saturated heterocycles. The molecule has 5 aromatic carbocycles. The molecule has 6 heteroatoms. The Labute approximate surface area is 247 Å². The highest BCUT2D eigenvalue weighted by Gasteiger charge is 2.48. The van der Waals surface area contributed by atoms with Crippen LogP contribution in [0.4, 0.5) is 0 Å². The van der Waals surface area contributed by atoms with Gasteiger partial charge in [0.2, 0.25) is 0 Å². The SMILES string of the molecule is O=C(c1ccc(Br)cc1)c1ccc(C2(c3ccc(C(=O)c4ccc(Br)cc4)cc3)OC(=O)c3ccccc32)cc1. The molecule has 5 aromatic rings. The number of benzene rings is 5. The Morgan fingerprint density at radius 1 is 0.525 bits per heavy atom. The second-order valence-electron chi connectivity index (χ2n) is 9.44. The molecule has 1 aliphatic heterocycles. The minimum Gasteiger partial charge on any atom is -0.441 e. The molecule has 0 radical (unpaired) electrons. The van der Waals surface area contributed by atoms with Crippen LogP contribution in [0.5, 0.6) is 0 Å². The highest BCUT2D eigenvalue weighted by atomic mass is 79.9. The molecule has 194 valence electrons. The normalized spacial score (nSPS) is 13.4. The summed E-state index contributed by atoms with van der Waals surface area (Å²) >= 11 is 6.80. The Balaban J connectivity index is 1.41. The van der Waals surface area contributed by atoms with E-state index >= 15 is 0 Å². The summed E-state index contributed by atoms with van der Waals surface area (Å²) in [5.74, 6) is -0.638. The summed E-state index contributed by atoms with van der Waals surface area (Å²) in [5, 5.41) is 0. The molecule has 1 aliphatic rings. The molecule has 0 atom stereocenters. The number of fused-ring (bicyclic) bond motifs is 1. The standard InChI is InChI=1S/C34H20Br2O4/c35-27-17-9-23(10-18-27)31(37)21-5-13-25(14-6-21)34(30-4-2-1-3-29(30)33(39)40-34)26-15-7-22(8-16-26)32(38)24-11-19-28(36)20-12-24/h1-20H. The lowest BCUT2D eigenvalue weighted by atomic mass is 9.79. The van der Waals surface area contributed by atoms with E-state index in [1.165, 1.54) is 0 Å². The first-order valence-corrected chi connectivity index (χ1v) is 14.1. The number of cyclic esters (lactones) is 1.